The fourth-order valence-corrected chi connectivity index (χ4v) is 3.74. The molecule has 0 bridgehead atoms. The third-order valence-electron chi connectivity index (χ3n) is 4.08. The van der Waals surface area contributed by atoms with Gasteiger partial charge < -0.3 is 5.32 Å². The highest BCUT2D eigenvalue weighted by atomic mass is 32.2. The lowest BCUT2D eigenvalue weighted by molar-refractivity contribution is 0.0943. The van der Waals surface area contributed by atoms with E-state index in [-0.39, 0.29) is 17.3 Å². The molecule has 1 aromatic heterocycles. The minimum absolute atomic E-state index is 0.0854. The van der Waals surface area contributed by atoms with Crippen molar-refractivity contribution in [2.45, 2.75) is 11.4 Å². The molecule has 0 spiro atoms. The first-order chi connectivity index (χ1) is 12.9. The van der Waals surface area contributed by atoms with Gasteiger partial charge in [-0.3, -0.25) is 9.36 Å². The maximum Gasteiger partial charge on any atom is 0.270 e. The molecule has 0 aliphatic heterocycles. The van der Waals surface area contributed by atoms with Crippen molar-refractivity contribution in [3.05, 3.63) is 78.4 Å². The molecule has 0 atom stereocenters. The number of aromatic nitrogens is 2. The van der Waals surface area contributed by atoms with Crippen LogP contribution >= 0.6 is 0 Å². The molecule has 0 saturated heterocycles. The van der Waals surface area contributed by atoms with Crippen LogP contribution in [0.25, 0.3) is 5.69 Å². The molecule has 1 heterocycles. The summed E-state index contributed by atoms with van der Waals surface area (Å²) in [6, 6.07) is 16.0. The summed E-state index contributed by atoms with van der Waals surface area (Å²) >= 11 is 0. The van der Waals surface area contributed by atoms with Gasteiger partial charge in [0.25, 0.3) is 5.91 Å². The summed E-state index contributed by atoms with van der Waals surface area (Å²) in [4.78, 5) is 16.9. The molecule has 2 aromatic carbocycles. The summed E-state index contributed by atoms with van der Waals surface area (Å²) in [5, 5.41) is 2.78. The van der Waals surface area contributed by atoms with E-state index in [4.69, 9.17) is 0 Å². The number of hydrogen-bond acceptors (Lipinski definition) is 4. The van der Waals surface area contributed by atoms with Crippen molar-refractivity contribution in [2.24, 2.45) is 0 Å². The van der Waals surface area contributed by atoms with Crippen LogP contribution in [0.15, 0.2) is 72.0 Å². The molecule has 3 rings (SSSR count). The van der Waals surface area contributed by atoms with Crippen LogP contribution in [0.5, 0.6) is 0 Å². The van der Waals surface area contributed by atoms with E-state index in [1.165, 1.54) is 26.4 Å². The first-order valence-electron chi connectivity index (χ1n) is 8.27. The lowest BCUT2D eigenvalue weighted by Gasteiger charge is -2.15. The normalized spacial score (nSPS) is 11.5. The van der Waals surface area contributed by atoms with Gasteiger partial charge in [0.1, 0.15) is 5.69 Å². The Hall–Kier alpha value is -2.97. The van der Waals surface area contributed by atoms with Crippen molar-refractivity contribution in [2.75, 3.05) is 14.1 Å². The monoisotopic (exact) mass is 384 g/mol. The quantitative estimate of drug-likeness (QED) is 0.705. The summed E-state index contributed by atoms with van der Waals surface area (Å²) in [5.74, 6) is -0.339. The van der Waals surface area contributed by atoms with Crippen LogP contribution in [0.2, 0.25) is 0 Å². The maximum absolute atomic E-state index is 12.6. The fourth-order valence-electron chi connectivity index (χ4n) is 2.62. The first-order valence-corrected chi connectivity index (χ1v) is 9.71. The lowest BCUT2D eigenvalue weighted by Crippen LogP contribution is -2.28. The molecule has 0 aliphatic rings. The van der Waals surface area contributed by atoms with Crippen LogP contribution in [0.3, 0.4) is 0 Å². The predicted molar refractivity (Wildman–Crippen MR) is 102 cm³/mol. The number of sulfonamides is 1. The molecule has 0 saturated carbocycles. The van der Waals surface area contributed by atoms with Crippen molar-refractivity contribution >= 4 is 15.9 Å². The third kappa shape index (κ3) is 3.91. The minimum Gasteiger partial charge on any atom is -0.347 e. The van der Waals surface area contributed by atoms with E-state index in [9.17, 15) is 13.2 Å². The molecular formula is C19H20N4O3S. The molecule has 1 N–H and O–H groups in total. The second kappa shape index (κ2) is 7.73. The van der Waals surface area contributed by atoms with Gasteiger partial charge in [0.05, 0.1) is 17.4 Å². The van der Waals surface area contributed by atoms with Crippen LogP contribution in [0.1, 0.15) is 16.1 Å². The number of para-hydroxylation sites is 1. The molecule has 0 aliphatic carbocycles. The van der Waals surface area contributed by atoms with Crippen LogP contribution in [-0.4, -0.2) is 42.3 Å². The SMILES string of the molecule is CN(C)S(=O)(=O)c1ccccc1CNC(=O)c1cncn1-c1ccccc1. The van der Waals surface area contributed by atoms with Gasteiger partial charge >= 0.3 is 0 Å². The Balaban J connectivity index is 1.82. The van der Waals surface area contributed by atoms with E-state index in [1.807, 2.05) is 30.3 Å². The predicted octanol–water partition coefficient (Wildman–Crippen LogP) is 2.05. The second-order valence-corrected chi connectivity index (χ2v) is 8.18. The van der Waals surface area contributed by atoms with E-state index < -0.39 is 10.0 Å². The molecule has 0 unspecified atom stereocenters. The molecule has 3 aromatic rings. The number of rotatable bonds is 6. The molecule has 7 nitrogen and oxygen atoms in total. The number of carbonyl (C=O) groups is 1. The van der Waals surface area contributed by atoms with Crippen molar-refractivity contribution < 1.29 is 13.2 Å². The summed E-state index contributed by atoms with van der Waals surface area (Å²) in [6.45, 7) is 0.0854. The zero-order valence-electron chi connectivity index (χ0n) is 15.0. The summed E-state index contributed by atoms with van der Waals surface area (Å²) < 4.78 is 27.8. The average Bonchev–Trinajstić information content (AvgIpc) is 3.17. The Kier molecular flexibility index (Phi) is 5.38. The van der Waals surface area contributed by atoms with Gasteiger partial charge in [0.2, 0.25) is 10.0 Å². The Morgan fingerprint density at radius 3 is 2.44 bits per heavy atom. The molecule has 0 radical (unpaired) electrons. The highest BCUT2D eigenvalue weighted by Crippen LogP contribution is 2.18. The molecule has 8 heteroatoms. The van der Waals surface area contributed by atoms with E-state index in [2.05, 4.69) is 10.3 Å². The Labute approximate surface area is 158 Å². The van der Waals surface area contributed by atoms with Crippen LogP contribution in [-0.2, 0) is 16.6 Å². The van der Waals surface area contributed by atoms with Crippen LogP contribution < -0.4 is 5.32 Å². The number of imidazole rings is 1. The fraction of sp³-hybridized carbons (Fsp3) is 0.158. The van der Waals surface area contributed by atoms with Gasteiger partial charge in [-0.25, -0.2) is 17.7 Å². The molecule has 0 fully saturated rings. The first kappa shape index (κ1) is 18.8. The summed E-state index contributed by atoms with van der Waals surface area (Å²) in [7, 11) is -0.645. The smallest absolute Gasteiger partial charge is 0.270 e. The van der Waals surface area contributed by atoms with E-state index >= 15 is 0 Å². The van der Waals surface area contributed by atoms with Gasteiger partial charge in [-0.05, 0) is 23.8 Å². The van der Waals surface area contributed by atoms with Crippen LogP contribution in [0.4, 0.5) is 0 Å². The van der Waals surface area contributed by atoms with Gasteiger partial charge in [0, 0.05) is 26.3 Å². The Morgan fingerprint density at radius 2 is 1.74 bits per heavy atom. The van der Waals surface area contributed by atoms with E-state index in [0.29, 0.717) is 11.3 Å². The largest absolute Gasteiger partial charge is 0.347 e. The number of amides is 1. The van der Waals surface area contributed by atoms with Crippen LogP contribution in [0, 0.1) is 0 Å². The topological polar surface area (TPSA) is 84.3 Å². The standard InChI is InChI=1S/C19H20N4O3S/c1-22(2)27(25,26)18-11-7-6-8-15(18)12-21-19(24)17-13-20-14-23(17)16-9-4-3-5-10-16/h3-11,13-14H,12H2,1-2H3,(H,21,24). The number of carbonyl (C=O) groups excluding carboxylic acids is 1. The second-order valence-electron chi connectivity index (χ2n) is 6.06. The van der Waals surface area contributed by atoms with Gasteiger partial charge in [0.15, 0.2) is 0 Å². The number of hydrogen-bond donors (Lipinski definition) is 1. The third-order valence-corrected chi connectivity index (χ3v) is 5.99. The summed E-state index contributed by atoms with van der Waals surface area (Å²) in [5.41, 5.74) is 1.70. The zero-order valence-corrected chi connectivity index (χ0v) is 15.8. The highest BCUT2D eigenvalue weighted by Gasteiger charge is 2.21. The minimum atomic E-state index is -3.60. The highest BCUT2D eigenvalue weighted by molar-refractivity contribution is 7.89. The van der Waals surface area contributed by atoms with E-state index in [1.54, 1.807) is 29.1 Å². The number of nitrogens with one attached hydrogen (secondary N) is 1. The zero-order chi connectivity index (χ0) is 19.4. The van der Waals surface area contributed by atoms with Crippen molar-refractivity contribution in [3.8, 4) is 5.69 Å². The van der Waals surface area contributed by atoms with Crippen molar-refractivity contribution in [1.29, 1.82) is 0 Å². The Morgan fingerprint density at radius 1 is 1.07 bits per heavy atom. The molecule has 27 heavy (non-hydrogen) atoms. The lowest BCUT2D eigenvalue weighted by atomic mass is 10.2. The Bertz CT molecular complexity index is 1040. The average molecular weight is 384 g/mol. The summed E-state index contributed by atoms with van der Waals surface area (Å²) in [6.07, 6.45) is 3.04. The number of benzene rings is 2. The molecule has 1 amide bonds. The molecular weight excluding hydrogens is 364 g/mol. The van der Waals surface area contributed by atoms with Crippen molar-refractivity contribution in [1.82, 2.24) is 19.2 Å². The van der Waals surface area contributed by atoms with Gasteiger partial charge in [-0.1, -0.05) is 36.4 Å². The van der Waals surface area contributed by atoms with Gasteiger partial charge in [-0.2, -0.15) is 0 Å². The van der Waals surface area contributed by atoms with Gasteiger partial charge in [-0.15, -0.1) is 0 Å². The van der Waals surface area contributed by atoms with E-state index in [0.717, 1.165) is 9.99 Å². The van der Waals surface area contributed by atoms with Crippen molar-refractivity contribution in [3.63, 3.8) is 0 Å². The molecule has 140 valence electrons. The maximum atomic E-state index is 12.6. The number of nitrogens with zero attached hydrogens (tertiary/aromatic N) is 3.